The number of rotatable bonds is 6. The molecule has 1 unspecified atom stereocenters. The SMILES string of the molecule is CCCOc1cccc(N2C(=O)C(=O)/C(=C(/O)c3ccc(C)cc3)C2c2ccccc2)c1. The third-order valence-electron chi connectivity index (χ3n) is 5.45. The van der Waals surface area contributed by atoms with Crippen LogP contribution in [0, 0.1) is 6.92 Å². The maximum absolute atomic E-state index is 13.2. The second-order valence-electron chi connectivity index (χ2n) is 7.79. The van der Waals surface area contributed by atoms with Crippen LogP contribution in [-0.2, 0) is 9.59 Å². The summed E-state index contributed by atoms with van der Waals surface area (Å²) in [5.41, 5.74) is 2.88. The molecule has 1 saturated heterocycles. The van der Waals surface area contributed by atoms with E-state index in [0.29, 0.717) is 23.6 Å². The Kier molecular flexibility index (Phi) is 6.08. The van der Waals surface area contributed by atoms with Crippen LogP contribution in [0.5, 0.6) is 5.75 Å². The molecule has 0 aliphatic carbocycles. The molecule has 5 heteroatoms. The fraction of sp³-hybridized carbons (Fsp3) is 0.185. The highest BCUT2D eigenvalue weighted by molar-refractivity contribution is 6.51. The van der Waals surface area contributed by atoms with E-state index in [1.807, 2.05) is 62.4 Å². The third-order valence-corrected chi connectivity index (χ3v) is 5.45. The number of aliphatic hydroxyl groups excluding tert-OH is 1. The van der Waals surface area contributed by atoms with E-state index in [4.69, 9.17) is 4.74 Å². The monoisotopic (exact) mass is 427 g/mol. The predicted octanol–water partition coefficient (Wildman–Crippen LogP) is 5.41. The van der Waals surface area contributed by atoms with E-state index >= 15 is 0 Å². The summed E-state index contributed by atoms with van der Waals surface area (Å²) in [5.74, 6) is -0.952. The van der Waals surface area contributed by atoms with Gasteiger partial charge in [-0.1, -0.05) is 73.2 Å². The number of hydrogen-bond donors (Lipinski definition) is 1. The van der Waals surface area contributed by atoms with Gasteiger partial charge in [0, 0.05) is 17.3 Å². The normalized spacial score (nSPS) is 17.6. The molecule has 1 fully saturated rings. The van der Waals surface area contributed by atoms with E-state index in [1.54, 1.807) is 30.3 Å². The van der Waals surface area contributed by atoms with Crippen LogP contribution in [-0.4, -0.2) is 23.4 Å². The molecule has 1 heterocycles. The summed E-state index contributed by atoms with van der Waals surface area (Å²) in [7, 11) is 0. The van der Waals surface area contributed by atoms with E-state index in [0.717, 1.165) is 17.5 Å². The van der Waals surface area contributed by atoms with Crippen molar-refractivity contribution >= 4 is 23.1 Å². The van der Waals surface area contributed by atoms with Crippen molar-refractivity contribution in [1.82, 2.24) is 0 Å². The van der Waals surface area contributed by atoms with Crippen molar-refractivity contribution in [1.29, 1.82) is 0 Å². The predicted molar refractivity (Wildman–Crippen MR) is 125 cm³/mol. The van der Waals surface area contributed by atoms with Gasteiger partial charge in [-0.2, -0.15) is 0 Å². The number of aliphatic hydroxyl groups is 1. The first-order valence-electron chi connectivity index (χ1n) is 10.7. The maximum atomic E-state index is 13.2. The lowest BCUT2D eigenvalue weighted by atomic mass is 9.95. The topological polar surface area (TPSA) is 66.8 Å². The summed E-state index contributed by atoms with van der Waals surface area (Å²) >= 11 is 0. The average molecular weight is 428 g/mol. The van der Waals surface area contributed by atoms with Crippen molar-refractivity contribution in [2.45, 2.75) is 26.3 Å². The summed E-state index contributed by atoms with van der Waals surface area (Å²) in [6, 6.07) is 22.9. The Hall–Kier alpha value is -3.86. The summed E-state index contributed by atoms with van der Waals surface area (Å²) in [4.78, 5) is 27.8. The highest BCUT2D eigenvalue weighted by atomic mass is 16.5. The first-order chi connectivity index (χ1) is 15.5. The minimum absolute atomic E-state index is 0.0740. The zero-order valence-corrected chi connectivity index (χ0v) is 18.1. The number of amides is 1. The number of ether oxygens (including phenoxy) is 1. The van der Waals surface area contributed by atoms with Gasteiger partial charge in [0.25, 0.3) is 11.7 Å². The summed E-state index contributed by atoms with van der Waals surface area (Å²) in [6.45, 7) is 4.51. The molecule has 1 aliphatic heterocycles. The van der Waals surface area contributed by atoms with Crippen molar-refractivity contribution in [2.75, 3.05) is 11.5 Å². The van der Waals surface area contributed by atoms with Gasteiger partial charge in [0.05, 0.1) is 18.2 Å². The average Bonchev–Trinajstić information content (AvgIpc) is 3.09. The Morgan fingerprint density at radius 1 is 0.969 bits per heavy atom. The maximum Gasteiger partial charge on any atom is 0.300 e. The number of Topliss-reactive ketones (excluding diaryl/α,β-unsaturated/α-hetero) is 1. The molecule has 1 N–H and O–H groups in total. The second kappa shape index (κ2) is 9.10. The highest BCUT2D eigenvalue weighted by Crippen LogP contribution is 2.42. The zero-order valence-electron chi connectivity index (χ0n) is 18.1. The Balaban J connectivity index is 1.87. The molecular formula is C27H25NO4. The molecule has 4 rings (SSSR count). The zero-order chi connectivity index (χ0) is 22.7. The fourth-order valence-electron chi connectivity index (χ4n) is 3.86. The molecule has 1 atom stereocenters. The second-order valence-corrected chi connectivity index (χ2v) is 7.79. The van der Waals surface area contributed by atoms with Crippen LogP contribution in [0.1, 0.15) is 36.1 Å². The molecule has 0 saturated carbocycles. The number of aryl methyl sites for hydroxylation is 1. The van der Waals surface area contributed by atoms with Crippen molar-refractivity contribution in [3.05, 3.63) is 101 Å². The number of anilines is 1. The lowest BCUT2D eigenvalue weighted by molar-refractivity contribution is -0.132. The van der Waals surface area contributed by atoms with Crippen LogP contribution in [0.4, 0.5) is 5.69 Å². The van der Waals surface area contributed by atoms with Crippen LogP contribution < -0.4 is 9.64 Å². The summed E-state index contributed by atoms with van der Waals surface area (Å²) in [6.07, 6.45) is 0.856. The van der Waals surface area contributed by atoms with Gasteiger partial charge in [-0.05, 0) is 31.0 Å². The van der Waals surface area contributed by atoms with E-state index < -0.39 is 17.7 Å². The van der Waals surface area contributed by atoms with Crippen molar-refractivity contribution in [3.63, 3.8) is 0 Å². The fourth-order valence-corrected chi connectivity index (χ4v) is 3.86. The molecule has 0 spiro atoms. The molecule has 0 aromatic heterocycles. The Bertz CT molecular complexity index is 1170. The van der Waals surface area contributed by atoms with Crippen LogP contribution in [0.15, 0.2) is 84.4 Å². The van der Waals surface area contributed by atoms with Crippen LogP contribution in [0.3, 0.4) is 0 Å². The van der Waals surface area contributed by atoms with Gasteiger partial charge >= 0.3 is 0 Å². The molecule has 1 amide bonds. The van der Waals surface area contributed by atoms with Gasteiger partial charge < -0.3 is 9.84 Å². The quantitative estimate of drug-likeness (QED) is 0.324. The Morgan fingerprint density at radius 3 is 2.38 bits per heavy atom. The van der Waals surface area contributed by atoms with Gasteiger partial charge in [-0.15, -0.1) is 0 Å². The Labute approximate surface area is 187 Å². The molecule has 3 aromatic carbocycles. The number of carbonyl (C=O) groups is 2. The van der Waals surface area contributed by atoms with Crippen LogP contribution >= 0.6 is 0 Å². The number of ketones is 1. The molecule has 1 aliphatic rings. The minimum atomic E-state index is -0.751. The summed E-state index contributed by atoms with van der Waals surface area (Å²) < 4.78 is 5.73. The summed E-state index contributed by atoms with van der Waals surface area (Å²) in [5, 5.41) is 11.1. The van der Waals surface area contributed by atoms with Gasteiger partial charge in [0.1, 0.15) is 11.5 Å². The smallest absolute Gasteiger partial charge is 0.300 e. The molecule has 32 heavy (non-hydrogen) atoms. The standard InChI is InChI=1S/C27H25NO4/c1-3-16-32-22-11-7-10-21(17-22)28-24(19-8-5-4-6-9-19)23(26(30)27(28)31)25(29)20-14-12-18(2)13-15-20/h4-15,17,24,29H,3,16H2,1-2H3/b25-23+. The molecule has 0 bridgehead atoms. The van der Waals surface area contributed by atoms with Crippen molar-refractivity contribution in [3.8, 4) is 5.75 Å². The minimum Gasteiger partial charge on any atom is -0.507 e. The van der Waals surface area contributed by atoms with Gasteiger partial charge in [0.2, 0.25) is 0 Å². The lowest BCUT2D eigenvalue weighted by Gasteiger charge is -2.25. The van der Waals surface area contributed by atoms with Crippen LogP contribution in [0.2, 0.25) is 0 Å². The van der Waals surface area contributed by atoms with E-state index in [-0.39, 0.29) is 11.3 Å². The number of carbonyl (C=O) groups excluding carboxylic acids is 2. The van der Waals surface area contributed by atoms with E-state index in [9.17, 15) is 14.7 Å². The number of benzene rings is 3. The lowest BCUT2D eigenvalue weighted by Crippen LogP contribution is -2.29. The number of hydrogen-bond acceptors (Lipinski definition) is 4. The highest BCUT2D eigenvalue weighted by Gasteiger charge is 2.47. The first kappa shape index (κ1) is 21.4. The van der Waals surface area contributed by atoms with Gasteiger partial charge in [0.15, 0.2) is 0 Å². The molecule has 3 aromatic rings. The Morgan fingerprint density at radius 2 is 1.69 bits per heavy atom. The molecule has 5 nitrogen and oxygen atoms in total. The molecule has 0 radical (unpaired) electrons. The van der Waals surface area contributed by atoms with Gasteiger partial charge in [-0.25, -0.2) is 0 Å². The van der Waals surface area contributed by atoms with Crippen molar-refractivity contribution < 1.29 is 19.4 Å². The van der Waals surface area contributed by atoms with E-state index in [1.165, 1.54) is 4.90 Å². The molecular weight excluding hydrogens is 402 g/mol. The van der Waals surface area contributed by atoms with Crippen LogP contribution in [0.25, 0.3) is 5.76 Å². The van der Waals surface area contributed by atoms with E-state index in [2.05, 4.69) is 0 Å². The number of nitrogens with zero attached hydrogens (tertiary/aromatic N) is 1. The third kappa shape index (κ3) is 4.02. The first-order valence-corrected chi connectivity index (χ1v) is 10.7. The largest absolute Gasteiger partial charge is 0.507 e. The van der Waals surface area contributed by atoms with Crippen molar-refractivity contribution in [2.24, 2.45) is 0 Å². The molecule has 162 valence electrons. The van der Waals surface area contributed by atoms with Gasteiger partial charge in [-0.3, -0.25) is 14.5 Å².